The summed E-state index contributed by atoms with van der Waals surface area (Å²) in [6, 6.07) is 26.4. The molecule has 0 aromatic heterocycles. The average molecular weight is 402 g/mol. The van der Waals surface area contributed by atoms with Gasteiger partial charge in [0.25, 0.3) is 0 Å². The van der Waals surface area contributed by atoms with Gasteiger partial charge in [0.05, 0.1) is 0 Å². The predicted molar refractivity (Wildman–Crippen MR) is 126 cm³/mol. The maximum absolute atomic E-state index is 9.79. The molecule has 0 bridgehead atoms. The van der Waals surface area contributed by atoms with Gasteiger partial charge in [0.2, 0.25) is 0 Å². The van der Waals surface area contributed by atoms with Crippen molar-refractivity contribution in [2.45, 2.75) is 19.8 Å². The number of allylic oxidation sites excluding steroid dienone is 1. The Morgan fingerprint density at radius 3 is 1.97 bits per heavy atom. The lowest BCUT2D eigenvalue weighted by atomic mass is 9.87. The van der Waals surface area contributed by atoms with Gasteiger partial charge in [-0.25, -0.2) is 0 Å². The molecule has 3 aromatic carbocycles. The number of likely N-dealkylation sites (N-methyl/N-ethyl adjacent to an activating group) is 1. The number of hydrogen-bond donors (Lipinski definition) is 1. The minimum absolute atomic E-state index is 0.277. The molecule has 1 N–H and O–H groups in total. The number of ether oxygens (including phenoxy) is 1. The van der Waals surface area contributed by atoms with Gasteiger partial charge in [-0.3, -0.25) is 0 Å². The van der Waals surface area contributed by atoms with Crippen molar-refractivity contribution in [3.63, 3.8) is 0 Å². The van der Waals surface area contributed by atoms with Gasteiger partial charge in [-0.15, -0.1) is 0 Å². The molecule has 0 aliphatic heterocycles. The Hall–Kier alpha value is -3.04. The summed E-state index contributed by atoms with van der Waals surface area (Å²) in [5.41, 5.74) is 5.98. The predicted octanol–water partition coefficient (Wildman–Crippen LogP) is 6.09. The van der Waals surface area contributed by atoms with Crippen molar-refractivity contribution in [2.75, 3.05) is 27.2 Å². The summed E-state index contributed by atoms with van der Waals surface area (Å²) in [7, 11) is 4.08. The first-order valence-electron chi connectivity index (χ1n) is 10.5. The van der Waals surface area contributed by atoms with Crippen LogP contribution >= 0.6 is 0 Å². The molecule has 0 heterocycles. The Morgan fingerprint density at radius 2 is 1.40 bits per heavy atom. The lowest BCUT2D eigenvalue weighted by Crippen LogP contribution is -2.19. The zero-order valence-corrected chi connectivity index (χ0v) is 18.1. The zero-order valence-electron chi connectivity index (χ0n) is 18.1. The van der Waals surface area contributed by atoms with Gasteiger partial charge in [-0.05, 0) is 72.6 Å². The van der Waals surface area contributed by atoms with Gasteiger partial charge in [0, 0.05) is 6.54 Å². The maximum atomic E-state index is 9.79. The molecule has 0 radical (unpaired) electrons. The van der Waals surface area contributed by atoms with E-state index in [1.165, 1.54) is 16.7 Å². The van der Waals surface area contributed by atoms with Crippen molar-refractivity contribution in [1.29, 1.82) is 0 Å². The number of hydrogen-bond acceptors (Lipinski definition) is 3. The molecule has 30 heavy (non-hydrogen) atoms. The number of phenols is 1. The van der Waals surface area contributed by atoms with Crippen LogP contribution in [0, 0.1) is 0 Å². The first kappa shape index (κ1) is 21.7. The molecular formula is C27H31NO2. The largest absolute Gasteiger partial charge is 0.508 e. The highest BCUT2D eigenvalue weighted by atomic mass is 16.5. The molecule has 156 valence electrons. The summed E-state index contributed by atoms with van der Waals surface area (Å²) in [6.45, 7) is 3.76. The summed E-state index contributed by atoms with van der Waals surface area (Å²) in [5.74, 6) is 1.15. The van der Waals surface area contributed by atoms with Crippen LogP contribution in [0.1, 0.15) is 36.5 Å². The summed E-state index contributed by atoms with van der Waals surface area (Å²) >= 11 is 0. The van der Waals surface area contributed by atoms with Crippen LogP contribution in [0.2, 0.25) is 0 Å². The summed E-state index contributed by atoms with van der Waals surface area (Å²) in [5, 5.41) is 9.79. The first-order chi connectivity index (χ1) is 14.6. The van der Waals surface area contributed by atoms with Gasteiger partial charge in [-0.2, -0.15) is 0 Å². The van der Waals surface area contributed by atoms with Crippen molar-refractivity contribution < 1.29 is 9.84 Å². The van der Waals surface area contributed by atoms with Crippen LogP contribution in [-0.2, 0) is 0 Å². The van der Waals surface area contributed by atoms with Gasteiger partial charge >= 0.3 is 0 Å². The minimum atomic E-state index is 0.277. The van der Waals surface area contributed by atoms with E-state index in [0.29, 0.717) is 6.61 Å². The van der Waals surface area contributed by atoms with Crippen LogP contribution in [0.4, 0.5) is 0 Å². The lowest BCUT2D eigenvalue weighted by Gasteiger charge is -2.18. The Bertz CT molecular complexity index is 942. The van der Waals surface area contributed by atoms with E-state index in [-0.39, 0.29) is 5.75 Å². The standard InChI is InChI=1S/C27H31NO2/c1-4-8-26(21-9-6-5-7-10-21)27(22-11-15-24(29)16-12-22)23-13-17-25(18-14-23)30-20-19-28(2)3/h5-7,9-18,29H,4,8,19-20H2,1-3H3/b27-26-. The monoisotopic (exact) mass is 401 g/mol. The number of rotatable bonds is 9. The Balaban J connectivity index is 2.04. The van der Waals surface area contributed by atoms with Crippen molar-refractivity contribution >= 4 is 11.1 Å². The van der Waals surface area contributed by atoms with E-state index in [1.54, 1.807) is 12.1 Å². The molecule has 3 rings (SSSR count). The lowest BCUT2D eigenvalue weighted by molar-refractivity contribution is 0.261. The fraction of sp³-hybridized carbons (Fsp3) is 0.259. The molecule has 3 heteroatoms. The molecule has 3 aromatic rings. The Kier molecular flexibility index (Phi) is 7.69. The van der Waals surface area contributed by atoms with Gasteiger partial charge in [0.15, 0.2) is 0 Å². The van der Waals surface area contributed by atoms with Crippen molar-refractivity contribution in [3.8, 4) is 11.5 Å². The second-order valence-corrected chi connectivity index (χ2v) is 7.69. The minimum Gasteiger partial charge on any atom is -0.508 e. The Labute approximate surface area is 180 Å². The van der Waals surface area contributed by atoms with Crippen LogP contribution in [0.15, 0.2) is 78.9 Å². The van der Waals surface area contributed by atoms with Gasteiger partial charge in [0.1, 0.15) is 18.1 Å². The third-order valence-electron chi connectivity index (χ3n) is 5.03. The molecular weight excluding hydrogens is 370 g/mol. The quantitative estimate of drug-likeness (QED) is 0.440. The van der Waals surface area contributed by atoms with E-state index < -0.39 is 0 Å². The van der Waals surface area contributed by atoms with Crippen molar-refractivity contribution in [1.82, 2.24) is 4.90 Å². The topological polar surface area (TPSA) is 32.7 Å². The highest BCUT2D eigenvalue weighted by Gasteiger charge is 2.14. The second kappa shape index (κ2) is 10.7. The van der Waals surface area contributed by atoms with Gasteiger partial charge in [-0.1, -0.05) is 67.9 Å². The Morgan fingerprint density at radius 1 is 0.800 bits per heavy atom. The zero-order chi connectivity index (χ0) is 21.3. The van der Waals surface area contributed by atoms with Crippen molar-refractivity contribution in [2.24, 2.45) is 0 Å². The van der Waals surface area contributed by atoms with Crippen LogP contribution < -0.4 is 4.74 Å². The van der Waals surface area contributed by atoms with E-state index in [9.17, 15) is 5.11 Å². The smallest absolute Gasteiger partial charge is 0.119 e. The number of nitrogens with zero attached hydrogens (tertiary/aromatic N) is 1. The van der Waals surface area contributed by atoms with Gasteiger partial charge < -0.3 is 14.7 Å². The highest BCUT2D eigenvalue weighted by Crippen LogP contribution is 2.36. The molecule has 0 atom stereocenters. The SMILES string of the molecule is CCC/C(=C(\c1ccc(O)cc1)c1ccc(OCCN(C)C)cc1)c1ccccc1. The van der Waals surface area contributed by atoms with Crippen molar-refractivity contribution in [3.05, 3.63) is 95.6 Å². The summed E-state index contributed by atoms with van der Waals surface area (Å²) in [4.78, 5) is 2.11. The van der Waals surface area contributed by atoms with E-state index in [4.69, 9.17) is 4.74 Å². The number of aromatic hydroxyl groups is 1. The van der Waals surface area contributed by atoms with Crippen LogP contribution in [0.3, 0.4) is 0 Å². The maximum Gasteiger partial charge on any atom is 0.119 e. The fourth-order valence-electron chi connectivity index (χ4n) is 3.51. The second-order valence-electron chi connectivity index (χ2n) is 7.69. The van der Waals surface area contributed by atoms with E-state index >= 15 is 0 Å². The molecule has 0 unspecified atom stereocenters. The molecule has 0 fully saturated rings. The molecule has 0 saturated heterocycles. The summed E-state index contributed by atoms with van der Waals surface area (Å²) in [6.07, 6.45) is 2.03. The van der Waals surface area contributed by atoms with Crippen LogP contribution in [0.5, 0.6) is 11.5 Å². The normalized spacial score (nSPS) is 12.0. The number of phenolic OH excluding ortho intramolecular Hbond substituents is 1. The fourth-order valence-corrected chi connectivity index (χ4v) is 3.51. The number of benzene rings is 3. The molecule has 3 nitrogen and oxygen atoms in total. The molecule has 0 aliphatic carbocycles. The third kappa shape index (κ3) is 5.74. The third-order valence-corrected chi connectivity index (χ3v) is 5.03. The highest BCUT2D eigenvalue weighted by molar-refractivity contribution is 5.98. The molecule has 0 amide bonds. The molecule has 0 saturated carbocycles. The van der Waals surface area contributed by atoms with E-state index in [1.807, 2.05) is 44.4 Å². The van der Waals surface area contributed by atoms with E-state index in [2.05, 4.69) is 48.2 Å². The van der Waals surface area contributed by atoms with E-state index in [0.717, 1.165) is 36.3 Å². The molecule has 0 spiro atoms. The van der Waals surface area contributed by atoms with Crippen LogP contribution in [0.25, 0.3) is 11.1 Å². The van der Waals surface area contributed by atoms with Crippen LogP contribution in [-0.4, -0.2) is 37.3 Å². The average Bonchev–Trinajstić information content (AvgIpc) is 2.76. The summed E-state index contributed by atoms with van der Waals surface area (Å²) < 4.78 is 5.87. The first-order valence-corrected chi connectivity index (χ1v) is 10.5. The molecule has 0 aliphatic rings.